The van der Waals surface area contributed by atoms with E-state index in [0.29, 0.717) is 5.92 Å². The number of nitrogens with zero attached hydrogens (tertiary/aromatic N) is 4. The molecule has 5 heteroatoms. The van der Waals surface area contributed by atoms with Crippen LogP contribution >= 0.6 is 0 Å². The van der Waals surface area contributed by atoms with Gasteiger partial charge in [0, 0.05) is 18.2 Å². The zero-order valence-electron chi connectivity index (χ0n) is 18.6. The monoisotopic (exact) mass is 402 g/mol. The van der Waals surface area contributed by atoms with Gasteiger partial charge in [0.15, 0.2) is 5.65 Å². The van der Waals surface area contributed by atoms with Crippen molar-refractivity contribution >= 4 is 22.6 Å². The molecule has 0 spiro atoms. The number of anilines is 1. The lowest BCUT2D eigenvalue weighted by molar-refractivity contribution is 0.0986. The molecule has 0 saturated heterocycles. The largest absolute Gasteiger partial charge is 0.308 e. The van der Waals surface area contributed by atoms with E-state index in [-0.39, 0.29) is 11.4 Å². The zero-order valence-corrected chi connectivity index (χ0v) is 18.6. The fraction of sp³-hybridized carbons (Fsp3) is 0.480. The highest BCUT2D eigenvalue weighted by Crippen LogP contribution is 2.41. The van der Waals surface area contributed by atoms with Crippen LogP contribution in [0.5, 0.6) is 0 Å². The molecular formula is C25H30N4O. The van der Waals surface area contributed by atoms with Crippen LogP contribution in [-0.2, 0) is 12.0 Å². The van der Waals surface area contributed by atoms with E-state index in [1.807, 2.05) is 16.5 Å². The SMILES string of the molecule is Cc1cccc2c1N(C(=O)c1cc(C3CC3)nc3c1c(C)nn3C(C)(C)C)CCC2. The van der Waals surface area contributed by atoms with Gasteiger partial charge in [-0.25, -0.2) is 9.67 Å². The molecule has 0 bridgehead atoms. The second-order valence-electron chi connectivity index (χ2n) is 9.88. The second-order valence-corrected chi connectivity index (χ2v) is 9.88. The maximum absolute atomic E-state index is 14.0. The highest BCUT2D eigenvalue weighted by molar-refractivity contribution is 6.14. The van der Waals surface area contributed by atoms with Crippen LogP contribution in [0.15, 0.2) is 24.3 Å². The van der Waals surface area contributed by atoms with Gasteiger partial charge in [0.2, 0.25) is 0 Å². The third-order valence-corrected chi connectivity index (χ3v) is 6.36. The molecule has 1 amide bonds. The number of aromatic nitrogens is 3. The van der Waals surface area contributed by atoms with Crippen molar-refractivity contribution < 1.29 is 4.79 Å². The lowest BCUT2D eigenvalue weighted by atomic mass is 9.96. The van der Waals surface area contributed by atoms with Crippen LogP contribution in [0.2, 0.25) is 0 Å². The van der Waals surface area contributed by atoms with E-state index in [2.05, 4.69) is 52.0 Å². The van der Waals surface area contributed by atoms with Gasteiger partial charge in [-0.15, -0.1) is 0 Å². The lowest BCUT2D eigenvalue weighted by Gasteiger charge is -2.31. The predicted molar refractivity (Wildman–Crippen MR) is 120 cm³/mol. The number of pyridine rings is 1. The van der Waals surface area contributed by atoms with E-state index in [4.69, 9.17) is 10.1 Å². The Morgan fingerprint density at radius 1 is 1.17 bits per heavy atom. The van der Waals surface area contributed by atoms with Crippen LogP contribution in [0.25, 0.3) is 11.0 Å². The first-order valence-electron chi connectivity index (χ1n) is 11.1. The Morgan fingerprint density at radius 3 is 2.63 bits per heavy atom. The van der Waals surface area contributed by atoms with Crippen molar-refractivity contribution in [2.75, 3.05) is 11.4 Å². The number of carbonyl (C=O) groups excluding carboxylic acids is 1. The molecule has 3 aromatic rings. The van der Waals surface area contributed by atoms with Crippen LogP contribution < -0.4 is 4.90 Å². The topological polar surface area (TPSA) is 51.0 Å². The van der Waals surface area contributed by atoms with Gasteiger partial charge < -0.3 is 4.90 Å². The summed E-state index contributed by atoms with van der Waals surface area (Å²) in [6, 6.07) is 8.40. The first kappa shape index (κ1) is 19.3. The summed E-state index contributed by atoms with van der Waals surface area (Å²) in [5.74, 6) is 0.552. The van der Waals surface area contributed by atoms with E-state index in [1.54, 1.807) is 0 Å². The average Bonchev–Trinajstić information content (AvgIpc) is 3.49. The average molecular weight is 403 g/mol. The number of hydrogen-bond acceptors (Lipinski definition) is 3. The first-order chi connectivity index (χ1) is 14.3. The molecule has 5 rings (SSSR count). The Morgan fingerprint density at radius 2 is 1.93 bits per heavy atom. The van der Waals surface area contributed by atoms with Gasteiger partial charge in [-0.2, -0.15) is 5.10 Å². The Kier molecular flexibility index (Phi) is 4.28. The van der Waals surface area contributed by atoms with Crippen molar-refractivity contribution in [3.63, 3.8) is 0 Å². The molecular weight excluding hydrogens is 372 g/mol. The van der Waals surface area contributed by atoms with E-state index >= 15 is 0 Å². The molecule has 1 aliphatic heterocycles. The Hall–Kier alpha value is -2.69. The maximum atomic E-state index is 14.0. The van der Waals surface area contributed by atoms with Gasteiger partial charge in [0.25, 0.3) is 5.91 Å². The summed E-state index contributed by atoms with van der Waals surface area (Å²) < 4.78 is 2.00. The number of amides is 1. The molecule has 0 unspecified atom stereocenters. The van der Waals surface area contributed by atoms with E-state index in [9.17, 15) is 4.79 Å². The Bertz CT molecular complexity index is 1160. The molecule has 5 nitrogen and oxygen atoms in total. The normalized spacial score (nSPS) is 16.8. The summed E-state index contributed by atoms with van der Waals surface area (Å²) in [5.41, 5.74) is 6.84. The van der Waals surface area contributed by atoms with Gasteiger partial charge in [-0.3, -0.25) is 4.79 Å². The van der Waals surface area contributed by atoms with Crippen molar-refractivity contribution in [1.29, 1.82) is 0 Å². The maximum Gasteiger partial charge on any atom is 0.259 e. The molecule has 2 aromatic heterocycles. The minimum Gasteiger partial charge on any atom is -0.308 e. The summed E-state index contributed by atoms with van der Waals surface area (Å²) >= 11 is 0. The molecule has 1 saturated carbocycles. The Balaban J connectivity index is 1.72. The predicted octanol–water partition coefficient (Wildman–Crippen LogP) is 5.27. The van der Waals surface area contributed by atoms with Crippen LogP contribution in [0, 0.1) is 13.8 Å². The first-order valence-corrected chi connectivity index (χ1v) is 11.1. The quantitative estimate of drug-likeness (QED) is 0.586. The Labute approximate surface area is 178 Å². The third kappa shape index (κ3) is 3.03. The molecule has 30 heavy (non-hydrogen) atoms. The number of fused-ring (bicyclic) bond motifs is 2. The lowest BCUT2D eigenvalue weighted by Crippen LogP contribution is -2.36. The fourth-order valence-electron chi connectivity index (χ4n) is 4.73. The van der Waals surface area contributed by atoms with Crippen molar-refractivity contribution in [3.05, 3.63) is 52.3 Å². The highest BCUT2D eigenvalue weighted by Gasteiger charge is 2.33. The summed E-state index contributed by atoms with van der Waals surface area (Å²) in [5, 5.41) is 5.72. The van der Waals surface area contributed by atoms with Crippen LogP contribution in [0.3, 0.4) is 0 Å². The van der Waals surface area contributed by atoms with Crippen molar-refractivity contribution in [2.24, 2.45) is 0 Å². The van der Waals surface area contributed by atoms with Gasteiger partial charge in [-0.05, 0) is 77.5 Å². The molecule has 1 aliphatic carbocycles. The zero-order chi connectivity index (χ0) is 21.2. The minimum absolute atomic E-state index is 0.0797. The van der Waals surface area contributed by atoms with Crippen LogP contribution in [0.4, 0.5) is 5.69 Å². The van der Waals surface area contributed by atoms with E-state index in [0.717, 1.165) is 71.5 Å². The summed E-state index contributed by atoms with van der Waals surface area (Å²) in [6.45, 7) is 11.3. The molecule has 0 atom stereocenters. The van der Waals surface area contributed by atoms with Crippen LogP contribution in [-0.4, -0.2) is 27.2 Å². The number of para-hydroxylation sites is 1. The van der Waals surface area contributed by atoms with Crippen molar-refractivity contribution in [2.45, 2.75) is 71.8 Å². The number of hydrogen-bond donors (Lipinski definition) is 0. The smallest absolute Gasteiger partial charge is 0.259 e. The van der Waals surface area contributed by atoms with Gasteiger partial charge in [0.05, 0.1) is 27.9 Å². The standard InChI is InChI=1S/C25H30N4O/c1-15-8-6-9-18-10-7-13-28(22(15)18)24(30)19-14-20(17-11-12-17)26-23-21(19)16(2)27-29(23)25(3,4)5/h6,8-9,14,17H,7,10-13H2,1-5H3. The molecule has 2 aliphatic rings. The van der Waals surface area contributed by atoms with Crippen LogP contribution in [0.1, 0.15) is 78.8 Å². The van der Waals surface area contributed by atoms with Gasteiger partial charge in [0.1, 0.15) is 0 Å². The second kappa shape index (κ2) is 6.66. The number of carbonyl (C=O) groups is 1. The third-order valence-electron chi connectivity index (χ3n) is 6.36. The molecule has 1 fully saturated rings. The van der Waals surface area contributed by atoms with Crippen molar-refractivity contribution in [3.8, 4) is 0 Å². The molecule has 156 valence electrons. The number of rotatable bonds is 2. The number of aryl methyl sites for hydroxylation is 3. The molecule has 1 aromatic carbocycles. The van der Waals surface area contributed by atoms with Crippen molar-refractivity contribution in [1.82, 2.24) is 14.8 Å². The van der Waals surface area contributed by atoms with E-state index < -0.39 is 0 Å². The minimum atomic E-state index is -0.198. The summed E-state index contributed by atoms with van der Waals surface area (Å²) in [6.07, 6.45) is 4.33. The molecule has 0 N–H and O–H groups in total. The van der Waals surface area contributed by atoms with Gasteiger partial charge >= 0.3 is 0 Å². The molecule has 3 heterocycles. The van der Waals surface area contributed by atoms with E-state index in [1.165, 1.54) is 5.56 Å². The molecule has 0 radical (unpaired) electrons. The highest BCUT2D eigenvalue weighted by atomic mass is 16.2. The number of benzene rings is 1. The summed E-state index contributed by atoms with van der Waals surface area (Å²) in [4.78, 5) is 21.0. The summed E-state index contributed by atoms with van der Waals surface area (Å²) in [7, 11) is 0. The fourth-order valence-corrected chi connectivity index (χ4v) is 4.73. The van der Waals surface area contributed by atoms with Gasteiger partial charge in [-0.1, -0.05) is 18.2 Å².